The zero-order valence-electron chi connectivity index (χ0n) is 10.9. The van der Waals surface area contributed by atoms with Crippen LogP contribution in [0.15, 0.2) is 24.3 Å². The number of methoxy groups -OCH3 is 1. The monoisotopic (exact) mass is 249 g/mol. The van der Waals surface area contributed by atoms with Crippen LogP contribution in [0.5, 0.6) is 0 Å². The summed E-state index contributed by atoms with van der Waals surface area (Å²) in [6.07, 6.45) is 2.76. The van der Waals surface area contributed by atoms with Crippen LogP contribution in [0.25, 0.3) is 0 Å². The van der Waals surface area contributed by atoms with Crippen molar-refractivity contribution in [2.45, 2.75) is 32.4 Å². The summed E-state index contributed by atoms with van der Waals surface area (Å²) < 4.78 is 5.36. The first-order chi connectivity index (χ1) is 8.79. The van der Waals surface area contributed by atoms with Crippen molar-refractivity contribution in [3.63, 3.8) is 0 Å². The van der Waals surface area contributed by atoms with Crippen LogP contribution in [0.2, 0.25) is 0 Å². The number of rotatable bonds is 6. The Labute approximate surface area is 107 Å². The molecule has 1 amide bonds. The van der Waals surface area contributed by atoms with Crippen LogP contribution >= 0.6 is 0 Å². The van der Waals surface area contributed by atoms with E-state index >= 15 is 0 Å². The average Bonchev–Trinajstić information content (AvgIpc) is 2.68. The number of carbonyl (C=O) groups is 1. The number of amides is 1. The van der Waals surface area contributed by atoms with Gasteiger partial charge in [-0.1, -0.05) is 38.0 Å². The Morgan fingerprint density at radius 1 is 1.28 bits per heavy atom. The average molecular weight is 249 g/mol. The van der Waals surface area contributed by atoms with Crippen molar-refractivity contribution in [3.8, 4) is 0 Å². The highest BCUT2D eigenvalue weighted by Crippen LogP contribution is 2.33. The van der Waals surface area contributed by atoms with Gasteiger partial charge in [0, 0.05) is 18.2 Å². The molecule has 0 spiro atoms. The molecule has 1 aromatic carbocycles. The molecule has 18 heavy (non-hydrogen) atoms. The third-order valence-electron chi connectivity index (χ3n) is 3.07. The molecule has 0 saturated carbocycles. The molecule has 0 aromatic heterocycles. The van der Waals surface area contributed by atoms with Crippen molar-refractivity contribution >= 4 is 5.91 Å². The predicted octanol–water partition coefficient (Wildman–Crippen LogP) is 2.91. The molecule has 1 heterocycles. The van der Waals surface area contributed by atoms with Gasteiger partial charge < -0.3 is 4.74 Å². The first-order valence-electron chi connectivity index (χ1n) is 6.37. The Morgan fingerprint density at radius 3 is 2.78 bits per heavy atom. The van der Waals surface area contributed by atoms with Gasteiger partial charge in [-0.3, -0.25) is 9.63 Å². The number of ether oxygens (including phenoxy) is 1. The Balaban J connectivity index is 2.06. The van der Waals surface area contributed by atoms with E-state index in [9.17, 15) is 4.79 Å². The molecular formula is C14H19NO3. The van der Waals surface area contributed by atoms with Gasteiger partial charge in [-0.15, -0.1) is 0 Å². The summed E-state index contributed by atoms with van der Waals surface area (Å²) in [5, 5.41) is 1.35. The summed E-state index contributed by atoms with van der Waals surface area (Å²) in [6, 6.07) is 7.46. The van der Waals surface area contributed by atoms with Gasteiger partial charge in [-0.05, 0) is 12.5 Å². The van der Waals surface area contributed by atoms with E-state index in [1.165, 1.54) is 5.06 Å². The minimum Gasteiger partial charge on any atom is -0.355 e. The molecule has 0 radical (unpaired) electrons. The van der Waals surface area contributed by atoms with E-state index in [1.54, 1.807) is 13.2 Å². The maximum absolute atomic E-state index is 12.2. The number of hydrogen-bond acceptors (Lipinski definition) is 3. The molecule has 2 rings (SSSR count). The van der Waals surface area contributed by atoms with E-state index in [0.717, 1.165) is 24.8 Å². The highest BCUT2D eigenvalue weighted by Gasteiger charge is 2.37. The summed E-state index contributed by atoms with van der Waals surface area (Å²) in [6.45, 7) is 2.68. The molecule has 98 valence electrons. The Morgan fingerprint density at radius 2 is 2.06 bits per heavy atom. The molecule has 1 aromatic rings. The van der Waals surface area contributed by atoms with Gasteiger partial charge in [0.25, 0.3) is 5.91 Å². The lowest BCUT2D eigenvalue weighted by molar-refractivity contribution is -0.208. The number of fused-ring (bicyclic) bond motifs is 1. The van der Waals surface area contributed by atoms with Crippen molar-refractivity contribution < 1.29 is 14.4 Å². The van der Waals surface area contributed by atoms with E-state index in [1.807, 2.05) is 18.2 Å². The Hall–Kier alpha value is -1.39. The zero-order chi connectivity index (χ0) is 13.0. The van der Waals surface area contributed by atoms with E-state index in [4.69, 9.17) is 9.57 Å². The zero-order valence-corrected chi connectivity index (χ0v) is 10.9. The van der Waals surface area contributed by atoms with Crippen molar-refractivity contribution in [3.05, 3.63) is 35.4 Å². The summed E-state index contributed by atoms with van der Waals surface area (Å²) >= 11 is 0. The van der Waals surface area contributed by atoms with Crippen LogP contribution < -0.4 is 0 Å². The molecule has 0 bridgehead atoms. The number of hydrogen-bond donors (Lipinski definition) is 0. The molecule has 0 fully saturated rings. The fraction of sp³-hybridized carbons (Fsp3) is 0.500. The normalized spacial score (nSPS) is 18.2. The van der Waals surface area contributed by atoms with Crippen LogP contribution in [0.4, 0.5) is 0 Å². The lowest BCUT2D eigenvalue weighted by atomic mass is 10.1. The van der Waals surface area contributed by atoms with Gasteiger partial charge in [-0.2, -0.15) is 5.06 Å². The minimum absolute atomic E-state index is 0.117. The van der Waals surface area contributed by atoms with Crippen molar-refractivity contribution in [2.24, 2.45) is 0 Å². The lowest BCUT2D eigenvalue weighted by Crippen LogP contribution is -2.29. The van der Waals surface area contributed by atoms with Crippen molar-refractivity contribution in [2.75, 3.05) is 13.7 Å². The van der Waals surface area contributed by atoms with E-state index in [0.29, 0.717) is 12.2 Å². The van der Waals surface area contributed by atoms with Crippen LogP contribution in [-0.4, -0.2) is 24.7 Å². The second kappa shape index (κ2) is 5.98. The Kier molecular flexibility index (Phi) is 4.33. The third-order valence-corrected chi connectivity index (χ3v) is 3.07. The summed E-state index contributed by atoms with van der Waals surface area (Å²) in [4.78, 5) is 17.7. The highest BCUT2D eigenvalue weighted by molar-refractivity contribution is 5.98. The van der Waals surface area contributed by atoms with Crippen LogP contribution in [0, 0.1) is 0 Å². The second-order valence-corrected chi connectivity index (χ2v) is 4.35. The molecule has 0 aliphatic carbocycles. The maximum Gasteiger partial charge on any atom is 0.280 e. The molecule has 1 aliphatic rings. The quantitative estimate of drug-likeness (QED) is 0.728. The number of carbonyl (C=O) groups excluding carboxylic acids is 1. The lowest BCUT2D eigenvalue weighted by Gasteiger charge is -2.22. The van der Waals surface area contributed by atoms with E-state index < -0.39 is 6.23 Å². The van der Waals surface area contributed by atoms with Crippen LogP contribution in [0.3, 0.4) is 0 Å². The minimum atomic E-state index is -0.421. The third kappa shape index (κ3) is 2.40. The van der Waals surface area contributed by atoms with Gasteiger partial charge in [0.15, 0.2) is 6.23 Å². The molecular weight excluding hydrogens is 230 g/mol. The summed E-state index contributed by atoms with van der Waals surface area (Å²) in [5.74, 6) is -0.117. The van der Waals surface area contributed by atoms with Gasteiger partial charge in [0.2, 0.25) is 0 Å². The maximum atomic E-state index is 12.2. The SMILES string of the molecule is CCCCCON1C(=O)c2ccccc2C1OC. The highest BCUT2D eigenvalue weighted by atomic mass is 16.7. The van der Waals surface area contributed by atoms with Gasteiger partial charge in [0.05, 0.1) is 6.61 Å². The molecule has 0 saturated heterocycles. The van der Waals surface area contributed by atoms with Crippen molar-refractivity contribution in [1.82, 2.24) is 5.06 Å². The van der Waals surface area contributed by atoms with E-state index in [2.05, 4.69) is 6.92 Å². The standard InChI is InChI=1S/C14H19NO3/c1-3-4-7-10-18-15-13(16)11-8-5-6-9-12(11)14(15)17-2/h5-6,8-9,14H,3-4,7,10H2,1-2H3. The van der Waals surface area contributed by atoms with Crippen LogP contribution in [-0.2, 0) is 9.57 Å². The number of unbranched alkanes of at least 4 members (excludes halogenated alkanes) is 2. The molecule has 4 nitrogen and oxygen atoms in total. The van der Waals surface area contributed by atoms with Crippen LogP contribution in [0.1, 0.15) is 48.3 Å². The first kappa shape index (κ1) is 13.1. The van der Waals surface area contributed by atoms with Gasteiger partial charge in [0.1, 0.15) is 0 Å². The molecule has 1 atom stereocenters. The fourth-order valence-corrected chi connectivity index (χ4v) is 2.12. The smallest absolute Gasteiger partial charge is 0.280 e. The fourth-order valence-electron chi connectivity index (χ4n) is 2.12. The first-order valence-corrected chi connectivity index (χ1v) is 6.37. The van der Waals surface area contributed by atoms with Gasteiger partial charge in [-0.25, -0.2) is 0 Å². The summed E-state index contributed by atoms with van der Waals surface area (Å²) in [7, 11) is 1.59. The van der Waals surface area contributed by atoms with Gasteiger partial charge >= 0.3 is 0 Å². The molecule has 1 aliphatic heterocycles. The largest absolute Gasteiger partial charge is 0.355 e. The summed E-state index contributed by atoms with van der Waals surface area (Å²) in [5.41, 5.74) is 1.54. The topological polar surface area (TPSA) is 38.8 Å². The predicted molar refractivity (Wildman–Crippen MR) is 67.8 cm³/mol. The number of benzene rings is 1. The number of nitrogens with zero attached hydrogens (tertiary/aromatic N) is 1. The molecule has 0 N–H and O–H groups in total. The number of hydroxylamine groups is 2. The van der Waals surface area contributed by atoms with Crippen molar-refractivity contribution in [1.29, 1.82) is 0 Å². The Bertz CT molecular complexity index is 419. The molecule has 4 heteroatoms. The molecule has 1 unspecified atom stereocenters. The van der Waals surface area contributed by atoms with E-state index in [-0.39, 0.29) is 5.91 Å². The second-order valence-electron chi connectivity index (χ2n) is 4.35.